The molecule has 1 atom stereocenters. The quantitative estimate of drug-likeness (QED) is 0.556. The van der Waals surface area contributed by atoms with Crippen molar-refractivity contribution in [3.8, 4) is 0 Å². The van der Waals surface area contributed by atoms with E-state index in [0.29, 0.717) is 11.7 Å². The van der Waals surface area contributed by atoms with Crippen molar-refractivity contribution in [2.75, 3.05) is 0 Å². The van der Waals surface area contributed by atoms with Crippen LogP contribution in [0.4, 0.5) is 0 Å². The molecule has 1 fully saturated rings. The van der Waals surface area contributed by atoms with Gasteiger partial charge in [0.05, 0.1) is 0 Å². The second kappa shape index (κ2) is 3.70. The Morgan fingerprint density at radius 2 is 2.45 bits per heavy atom. The Labute approximate surface area is 68.5 Å². The lowest BCUT2D eigenvalue weighted by atomic mass is 9.84. The van der Waals surface area contributed by atoms with E-state index in [2.05, 4.69) is 6.58 Å². The lowest BCUT2D eigenvalue weighted by Crippen LogP contribution is -2.14. The topological polar surface area (TPSA) is 17.1 Å². The van der Waals surface area contributed by atoms with Crippen molar-refractivity contribution < 1.29 is 4.79 Å². The summed E-state index contributed by atoms with van der Waals surface area (Å²) in [5, 5.41) is 0. The van der Waals surface area contributed by atoms with Crippen molar-refractivity contribution in [2.24, 2.45) is 5.92 Å². The molecule has 1 aliphatic rings. The Kier molecular flexibility index (Phi) is 2.86. The molecule has 0 saturated heterocycles. The van der Waals surface area contributed by atoms with Crippen molar-refractivity contribution in [3.05, 3.63) is 12.2 Å². The van der Waals surface area contributed by atoms with E-state index in [4.69, 9.17) is 0 Å². The lowest BCUT2D eigenvalue weighted by Gasteiger charge is -2.20. The van der Waals surface area contributed by atoms with Crippen LogP contribution < -0.4 is 0 Å². The number of carbonyl (C=O) groups is 1. The summed E-state index contributed by atoms with van der Waals surface area (Å²) < 4.78 is 0. The van der Waals surface area contributed by atoms with Crippen molar-refractivity contribution >= 4 is 5.78 Å². The fraction of sp³-hybridized carbons (Fsp3) is 0.700. The van der Waals surface area contributed by atoms with Gasteiger partial charge in [0.1, 0.15) is 5.78 Å². The molecule has 0 N–H and O–H groups in total. The zero-order valence-electron chi connectivity index (χ0n) is 7.23. The number of ketones is 1. The van der Waals surface area contributed by atoms with Crippen LogP contribution in [0.5, 0.6) is 0 Å². The van der Waals surface area contributed by atoms with E-state index in [1.54, 1.807) is 0 Å². The van der Waals surface area contributed by atoms with Gasteiger partial charge in [-0.15, -0.1) is 6.58 Å². The summed E-state index contributed by atoms with van der Waals surface area (Å²) in [7, 11) is 0. The minimum atomic E-state index is 0.447. The fourth-order valence-electron chi connectivity index (χ4n) is 1.78. The highest BCUT2D eigenvalue weighted by Crippen LogP contribution is 2.26. The summed E-state index contributed by atoms with van der Waals surface area (Å²) in [5.41, 5.74) is 1.21. The van der Waals surface area contributed by atoms with Gasteiger partial charge < -0.3 is 0 Å². The van der Waals surface area contributed by atoms with Crippen LogP contribution in [0.1, 0.15) is 39.0 Å². The monoisotopic (exact) mass is 152 g/mol. The van der Waals surface area contributed by atoms with Crippen LogP contribution in [-0.4, -0.2) is 5.78 Å². The number of hydrogen-bond acceptors (Lipinski definition) is 1. The number of allylic oxidation sites excluding steroid dienone is 1. The Morgan fingerprint density at radius 3 is 3.00 bits per heavy atom. The Bertz CT molecular complexity index is 168. The third kappa shape index (κ3) is 2.87. The molecule has 11 heavy (non-hydrogen) atoms. The largest absolute Gasteiger partial charge is 0.300 e. The SMILES string of the molecule is C=C(C)C[C@@H]1CCCC(=O)C1. The predicted molar refractivity (Wildman–Crippen MR) is 46.4 cm³/mol. The van der Waals surface area contributed by atoms with Gasteiger partial charge in [-0.2, -0.15) is 0 Å². The molecule has 0 aromatic rings. The van der Waals surface area contributed by atoms with E-state index in [9.17, 15) is 4.79 Å². The smallest absolute Gasteiger partial charge is 0.133 e. The zero-order chi connectivity index (χ0) is 8.27. The van der Waals surface area contributed by atoms with Crippen LogP contribution in [0.25, 0.3) is 0 Å². The van der Waals surface area contributed by atoms with Gasteiger partial charge in [-0.3, -0.25) is 4.79 Å². The first kappa shape index (κ1) is 8.51. The van der Waals surface area contributed by atoms with Crippen LogP contribution in [0.3, 0.4) is 0 Å². The first-order valence-electron chi connectivity index (χ1n) is 4.34. The average Bonchev–Trinajstić information content (AvgIpc) is 1.85. The van der Waals surface area contributed by atoms with Crippen molar-refractivity contribution in [1.29, 1.82) is 0 Å². The highest BCUT2D eigenvalue weighted by molar-refractivity contribution is 5.79. The molecule has 0 radical (unpaired) electrons. The van der Waals surface area contributed by atoms with E-state index in [-0.39, 0.29) is 0 Å². The molecule has 1 saturated carbocycles. The minimum Gasteiger partial charge on any atom is -0.300 e. The van der Waals surface area contributed by atoms with Crippen molar-refractivity contribution in [1.82, 2.24) is 0 Å². The van der Waals surface area contributed by atoms with Crippen LogP contribution >= 0.6 is 0 Å². The van der Waals surface area contributed by atoms with E-state index >= 15 is 0 Å². The molecule has 0 heterocycles. The maximum absolute atomic E-state index is 11.0. The maximum atomic E-state index is 11.0. The lowest BCUT2D eigenvalue weighted by molar-refractivity contribution is -0.121. The number of rotatable bonds is 2. The van der Waals surface area contributed by atoms with Crippen LogP contribution in [-0.2, 0) is 4.79 Å². The van der Waals surface area contributed by atoms with E-state index in [1.165, 1.54) is 12.0 Å². The van der Waals surface area contributed by atoms with Gasteiger partial charge in [-0.25, -0.2) is 0 Å². The minimum absolute atomic E-state index is 0.447. The summed E-state index contributed by atoms with van der Waals surface area (Å²) in [5.74, 6) is 1.05. The fourth-order valence-corrected chi connectivity index (χ4v) is 1.78. The first-order chi connectivity index (χ1) is 5.18. The third-order valence-corrected chi connectivity index (χ3v) is 2.22. The van der Waals surface area contributed by atoms with Gasteiger partial charge in [0, 0.05) is 12.8 Å². The number of carbonyl (C=O) groups excluding carboxylic acids is 1. The standard InChI is InChI=1S/C10H16O/c1-8(2)6-9-4-3-5-10(11)7-9/h9H,1,3-7H2,2H3/t9-/m0/s1. The van der Waals surface area contributed by atoms with Crippen LogP contribution in [0.2, 0.25) is 0 Å². The normalized spacial score (nSPS) is 25.2. The van der Waals surface area contributed by atoms with E-state index in [0.717, 1.165) is 25.7 Å². The molecule has 0 aromatic carbocycles. The van der Waals surface area contributed by atoms with Gasteiger partial charge in [-0.1, -0.05) is 5.57 Å². The molecule has 0 unspecified atom stereocenters. The van der Waals surface area contributed by atoms with Crippen LogP contribution in [0.15, 0.2) is 12.2 Å². The molecular weight excluding hydrogens is 136 g/mol. The third-order valence-electron chi connectivity index (χ3n) is 2.22. The number of Topliss-reactive ketones (excluding diaryl/α,β-unsaturated/α-hetero) is 1. The highest BCUT2D eigenvalue weighted by Gasteiger charge is 2.18. The van der Waals surface area contributed by atoms with Gasteiger partial charge >= 0.3 is 0 Å². The summed E-state index contributed by atoms with van der Waals surface area (Å²) in [6.45, 7) is 5.90. The first-order valence-corrected chi connectivity index (χ1v) is 4.34. The van der Waals surface area contributed by atoms with Gasteiger partial charge in [-0.05, 0) is 32.1 Å². The molecule has 1 rings (SSSR count). The van der Waals surface area contributed by atoms with E-state index < -0.39 is 0 Å². The van der Waals surface area contributed by atoms with Gasteiger partial charge in [0.25, 0.3) is 0 Å². The Balaban J connectivity index is 2.34. The highest BCUT2D eigenvalue weighted by atomic mass is 16.1. The number of hydrogen-bond donors (Lipinski definition) is 0. The molecule has 0 aliphatic heterocycles. The molecule has 0 spiro atoms. The average molecular weight is 152 g/mol. The molecule has 62 valence electrons. The van der Waals surface area contributed by atoms with Gasteiger partial charge in [0.15, 0.2) is 0 Å². The second-order valence-electron chi connectivity index (χ2n) is 3.66. The predicted octanol–water partition coefficient (Wildman–Crippen LogP) is 2.71. The second-order valence-corrected chi connectivity index (χ2v) is 3.66. The molecule has 1 heteroatoms. The molecular formula is C10H16O. The molecule has 0 amide bonds. The summed E-state index contributed by atoms with van der Waals surface area (Å²) in [4.78, 5) is 11.0. The molecule has 1 aliphatic carbocycles. The van der Waals surface area contributed by atoms with Gasteiger partial charge in [0.2, 0.25) is 0 Å². The van der Waals surface area contributed by atoms with Crippen molar-refractivity contribution in [3.63, 3.8) is 0 Å². The maximum Gasteiger partial charge on any atom is 0.133 e. The van der Waals surface area contributed by atoms with Crippen molar-refractivity contribution in [2.45, 2.75) is 39.0 Å². The Hall–Kier alpha value is -0.590. The van der Waals surface area contributed by atoms with E-state index in [1.807, 2.05) is 6.92 Å². The zero-order valence-corrected chi connectivity index (χ0v) is 7.23. The molecule has 1 nitrogen and oxygen atoms in total. The summed E-state index contributed by atoms with van der Waals surface area (Å²) in [6.07, 6.45) is 4.97. The molecule has 0 aromatic heterocycles. The van der Waals surface area contributed by atoms with Crippen LogP contribution in [0, 0.1) is 5.92 Å². The Morgan fingerprint density at radius 1 is 1.73 bits per heavy atom. The molecule has 0 bridgehead atoms. The summed E-state index contributed by atoms with van der Waals surface area (Å²) in [6, 6.07) is 0. The summed E-state index contributed by atoms with van der Waals surface area (Å²) >= 11 is 0.